The molecule has 2 aromatic rings. The smallest absolute Gasteiger partial charge is 0.125 e. The molecule has 0 N–H and O–H groups in total. The summed E-state index contributed by atoms with van der Waals surface area (Å²) in [5.41, 5.74) is 2.66. The second kappa shape index (κ2) is 5.67. The van der Waals surface area contributed by atoms with Gasteiger partial charge in [-0.25, -0.2) is 4.98 Å². The Kier molecular flexibility index (Phi) is 3.91. The van der Waals surface area contributed by atoms with Crippen LogP contribution in [0, 0.1) is 11.3 Å². The molecule has 5 heteroatoms. The van der Waals surface area contributed by atoms with Crippen LogP contribution in [0.1, 0.15) is 36.7 Å². The molecule has 20 heavy (non-hydrogen) atoms. The maximum atomic E-state index is 9.09. The third-order valence-electron chi connectivity index (χ3n) is 4.07. The van der Waals surface area contributed by atoms with Crippen LogP contribution >= 0.6 is 23.4 Å². The van der Waals surface area contributed by atoms with E-state index < -0.39 is 0 Å². The van der Waals surface area contributed by atoms with Crippen LogP contribution in [0.25, 0.3) is 11.0 Å². The number of nitrogens with zero attached hydrogens (tertiary/aromatic N) is 3. The Bertz CT molecular complexity index is 674. The van der Waals surface area contributed by atoms with E-state index in [2.05, 4.69) is 21.9 Å². The lowest BCUT2D eigenvalue weighted by atomic mass is 10.2. The van der Waals surface area contributed by atoms with Crippen LogP contribution < -0.4 is 0 Å². The molecule has 0 saturated heterocycles. The predicted octanol–water partition coefficient (Wildman–Crippen LogP) is 4.10. The zero-order valence-electron chi connectivity index (χ0n) is 11.3. The zero-order chi connectivity index (χ0) is 14.1. The molecule has 3 nitrogen and oxygen atoms in total. The van der Waals surface area contributed by atoms with Crippen LogP contribution in [-0.4, -0.2) is 21.1 Å². The van der Waals surface area contributed by atoms with E-state index in [0.29, 0.717) is 17.5 Å². The van der Waals surface area contributed by atoms with Gasteiger partial charge in [0.05, 0.1) is 28.5 Å². The zero-order valence-corrected chi connectivity index (χ0v) is 12.9. The van der Waals surface area contributed by atoms with Crippen molar-refractivity contribution in [3.8, 4) is 6.07 Å². The first-order chi connectivity index (χ1) is 9.76. The van der Waals surface area contributed by atoms with Crippen molar-refractivity contribution in [1.29, 1.82) is 5.26 Å². The van der Waals surface area contributed by atoms with Crippen LogP contribution in [0.5, 0.6) is 0 Å². The Morgan fingerprint density at radius 1 is 1.50 bits per heavy atom. The lowest BCUT2D eigenvalue weighted by Gasteiger charge is -2.16. The summed E-state index contributed by atoms with van der Waals surface area (Å²) in [5.74, 6) is 1.33. The van der Waals surface area contributed by atoms with E-state index in [1.807, 2.05) is 30.0 Å². The maximum absolute atomic E-state index is 9.09. The Morgan fingerprint density at radius 3 is 3.00 bits per heavy atom. The van der Waals surface area contributed by atoms with Gasteiger partial charge in [-0.2, -0.15) is 17.0 Å². The lowest BCUT2D eigenvalue weighted by Crippen LogP contribution is -2.09. The minimum atomic E-state index is 0.414. The SMILES string of the molecule is CSC1CCC(n2c(CCl)nc3ccc(C#N)cc32)C1. The quantitative estimate of drug-likeness (QED) is 0.802. The average Bonchev–Trinajstić information content (AvgIpc) is 3.09. The molecule has 104 valence electrons. The van der Waals surface area contributed by atoms with Crippen molar-refractivity contribution in [2.75, 3.05) is 6.26 Å². The van der Waals surface area contributed by atoms with E-state index >= 15 is 0 Å². The minimum Gasteiger partial charge on any atom is -0.324 e. The average molecular weight is 306 g/mol. The molecule has 1 aliphatic carbocycles. The Balaban J connectivity index is 2.10. The molecule has 3 rings (SSSR count). The fourth-order valence-corrected chi connectivity index (χ4v) is 4.06. The van der Waals surface area contributed by atoms with Gasteiger partial charge in [0.15, 0.2) is 0 Å². The number of nitriles is 1. The largest absolute Gasteiger partial charge is 0.324 e. The molecule has 0 spiro atoms. The summed E-state index contributed by atoms with van der Waals surface area (Å²) in [4.78, 5) is 4.62. The van der Waals surface area contributed by atoms with Gasteiger partial charge in [0, 0.05) is 11.3 Å². The van der Waals surface area contributed by atoms with Crippen LogP contribution in [0.3, 0.4) is 0 Å². The van der Waals surface area contributed by atoms with E-state index in [4.69, 9.17) is 16.9 Å². The van der Waals surface area contributed by atoms with E-state index in [1.165, 1.54) is 6.42 Å². The molecular weight excluding hydrogens is 290 g/mol. The van der Waals surface area contributed by atoms with Gasteiger partial charge in [0.25, 0.3) is 0 Å². The number of halogens is 1. The third-order valence-corrected chi connectivity index (χ3v) is 5.40. The maximum Gasteiger partial charge on any atom is 0.125 e. The number of benzene rings is 1. The van der Waals surface area contributed by atoms with Gasteiger partial charge < -0.3 is 4.57 Å². The van der Waals surface area contributed by atoms with Crippen molar-refractivity contribution in [3.63, 3.8) is 0 Å². The molecule has 2 atom stereocenters. The molecule has 1 aromatic carbocycles. The normalized spacial score (nSPS) is 22.2. The molecule has 0 radical (unpaired) electrons. The highest BCUT2D eigenvalue weighted by atomic mass is 35.5. The highest BCUT2D eigenvalue weighted by molar-refractivity contribution is 7.99. The van der Waals surface area contributed by atoms with Crippen molar-refractivity contribution in [2.45, 2.75) is 36.4 Å². The fraction of sp³-hybridized carbons (Fsp3) is 0.467. The number of rotatable bonds is 3. The highest BCUT2D eigenvalue weighted by Crippen LogP contribution is 2.38. The fourth-order valence-electron chi connectivity index (χ4n) is 3.08. The van der Waals surface area contributed by atoms with Crippen molar-refractivity contribution in [2.24, 2.45) is 0 Å². The predicted molar refractivity (Wildman–Crippen MR) is 84.2 cm³/mol. The first kappa shape index (κ1) is 13.8. The number of imidazole rings is 1. The molecule has 1 fully saturated rings. The van der Waals surface area contributed by atoms with Gasteiger partial charge in [0.2, 0.25) is 0 Å². The summed E-state index contributed by atoms with van der Waals surface area (Å²) in [6, 6.07) is 8.33. The van der Waals surface area contributed by atoms with Crippen molar-refractivity contribution in [1.82, 2.24) is 9.55 Å². The Labute approximate surface area is 127 Å². The summed E-state index contributed by atoms with van der Waals surface area (Å²) < 4.78 is 2.26. The van der Waals surface area contributed by atoms with Gasteiger partial charge in [0.1, 0.15) is 5.82 Å². The number of hydrogen-bond donors (Lipinski definition) is 0. The number of fused-ring (bicyclic) bond motifs is 1. The first-order valence-corrected chi connectivity index (χ1v) is 8.58. The Hall–Kier alpha value is -1.18. The number of alkyl halides is 1. The monoisotopic (exact) mass is 305 g/mol. The molecule has 1 aromatic heterocycles. The topological polar surface area (TPSA) is 41.6 Å². The molecular formula is C15H16ClN3S. The summed E-state index contributed by atoms with van der Waals surface area (Å²) in [6.07, 6.45) is 5.74. The van der Waals surface area contributed by atoms with Crippen LogP contribution in [0.2, 0.25) is 0 Å². The van der Waals surface area contributed by atoms with E-state index in [9.17, 15) is 0 Å². The summed E-state index contributed by atoms with van der Waals surface area (Å²) in [6.45, 7) is 0. The highest BCUT2D eigenvalue weighted by Gasteiger charge is 2.28. The molecule has 1 aliphatic rings. The number of hydrogen-bond acceptors (Lipinski definition) is 3. The second-order valence-corrected chi connectivity index (χ2v) is 6.58. The molecule has 0 aliphatic heterocycles. The van der Waals surface area contributed by atoms with Crippen LogP contribution in [0.15, 0.2) is 18.2 Å². The van der Waals surface area contributed by atoms with E-state index in [1.54, 1.807) is 0 Å². The molecule has 1 saturated carbocycles. The summed E-state index contributed by atoms with van der Waals surface area (Å²) >= 11 is 8.01. The van der Waals surface area contributed by atoms with Crippen molar-refractivity contribution < 1.29 is 0 Å². The second-order valence-electron chi connectivity index (χ2n) is 5.17. The third kappa shape index (κ3) is 2.30. The number of aromatic nitrogens is 2. The molecule has 0 amide bonds. The molecule has 0 bridgehead atoms. The van der Waals surface area contributed by atoms with Gasteiger partial charge in [-0.3, -0.25) is 0 Å². The van der Waals surface area contributed by atoms with E-state index in [0.717, 1.165) is 34.9 Å². The van der Waals surface area contributed by atoms with E-state index in [-0.39, 0.29) is 0 Å². The minimum absolute atomic E-state index is 0.414. The molecule has 1 heterocycles. The van der Waals surface area contributed by atoms with Crippen LogP contribution in [-0.2, 0) is 5.88 Å². The van der Waals surface area contributed by atoms with Gasteiger partial charge >= 0.3 is 0 Å². The summed E-state index contributed by atoms with van der Waals surface area (Å²) in [7, 11) is 0. The summed E-state index contributed by atoms with van der Waals surface area (Å²) in [5, 5.41) is 9.81. The van der Waals surface area contributed by atoms with Gasteiger partial charge in [-0.15, -0.1) is 11.6 Å². The standard InChI is InChI=1S/C15H16ClN3S/c1-20-12-4-3-11(7-12)19-14-6-10(9-17)2-5-13(14)18-15(19)8-16/h2,5-6,11-12H,3-4,7-8H2,1H3. The Morgan fingerprint density at radius 2 is 2.35 bits per heavy atom. The van der Waals surface area contributed by atoms with Gasteiger partial charge in [-0.05, 0) is 43.7 Å². The van der Waals surface area contributed by atoms with Crippen molar-refractivity contribution in [3.05, 3.63) is 29.6 Å². The lowest BCUT2D eigenvalue weighted by molar-refractivity contribution is 0.519. The van der Waals surface area contributed by atoms with Gasteiger partial charge in [-0.1, -0.05) is 0 Å². The number of thioether (sulfide) groups is 1. The first-order valence-electron chi connectivity index (χ1n) is 6.76. The van der Waals surface area contributed by atoms with Crippen molar-refractivity contribution >= 4 is 34.4 Å². The molecule has 2 unspecified atom stereocenters. The van der Waals surface area contributed by atoms with Crippen LogP contribution in [0.4, 0.5) is 0 Å².